The molecular weight excluding hydrogens is 388 g/mol. The fourth-order valence-corrected chi connectivity index (χ4v) is 3.73. The molecule has 1 saturated heterocycles. The van der Waals surface area contributed by atoms with Crippen LogP contribution in [0.1, 0.15) is 49.5 Å². The first kappa shape index (κ1) is 21.1. The van der Waals surface area contributed by atoms with Gasteiger partial charge >= 0.3 is 0 Å². The first-order chi connectivity index (χ1) is 13.7. The third-order valence-electron chi connectivity index (χ3n) is 5.52. The van der Waals surface area contributed by atoms with Gasteiger partial charge in [0, 0.05) is 16.1 Å². The van der Waals surface area contributed by atoms with Crippen LogP contribution in [-0.2, 0) is 9.59 Å². The number of imide groups is 1. The largest absolute Gasteiger partial charge is 0.321 e. The number of hydrogen-bond acceptors (Lipinski definition) is 3. The van der Waals surface area contributed by atoms with Crippen LogP contribution in [0.4, 0.5) is 5.69 Å². The number of benzene rings is 2. The molecule has 5 nitrogen and oxygen atoms in total. The Morgan fingerprint density at radius 2 is 1.83 bits per heavy atom. The first-order valence-corrected chi connectivity index (χ1v) is 10.1. The molecule has 1 aliphatic heterocycles. The Morgan fingerprint density at radius 1 is 1.17 bits per heavy atom. The van der Waals surface area contributed by atoms with Crippen molar-refractivity contribution in [1.82, 2.24) is 4.90 Å². The minimum Gasteiger partial charge on any atom is -0.321 e. The van der Waals surface area contributed by atoms with E-state index in [9.17, 15) is 14.4 Å². The lowest BCUT2D eigenvalue weighted by atomic mass is 9.94. The van der Waals surface area contributed by atoms with Gasteiger partial charge in [-0.15, -0.1) is 0 Å². The monoisotopic (exact) mass is 412 g/mol. The number of amides is 3. The zero-order chi connectivity index (χ0) is 21.3. The zero-order valence-corrected chi connectivity index (χ0v) is 17.9. The smallest absolute Gasteiger partial charge is 0.257 e. The fourth-order valence-electron chi connectivity index (χ4n) is 3.60. The van der Waals surface area contributed by atoms with Crippen LogP contribution in [0, 0.1) is 6.92 Å². The summed E-state index contributed by atoms with van der Waals surface area (Å²) < 4.78 is 0. The summed E-state index contributed by atoms with van der Waals surface area (Å²) >= 11 is 5.93. The van der Waals surface area contributed by atoms with E-state index in [-0.39, 0.29) is 24.1 Å². The molecule has 1 unspecified atom stereocenters. The van der Waals surface area contributed by atoms with Gasteiger partial charge in [-0.3, -0.25) is 14.4 Å². The maximum Gasteiger partial charge on any atom is 0.257 e. The number of hydrogen-bond donors (Lipinski definition) is 0. The number of nitrogens with zero attached hydrogens (tertiary/aromatic N) is 2. The van der Waals surface area contributed by atoms with Crippen LogP contribution in [0.25, 0.3) is 0 Å². The van der Waals surface area contributed by atoms with Crippen molar-refractivity contribution in [1.29, 1.82) is 0 Å². The van der Waals surface area contributed by atoms with Crippen molar-refractivity contribution in [2.45, 2.75) is 52.1 Å². The Morgan fingerprint density at radius 3 is 2.41 bits per heavy atom. The molecule has 0 radical (unpaired) electrons. The molecule has 1 heterocycles. The van der Waals surface area contributed by atoms with Gasteiger partial charge in [-0.1, -0.05) is 36.2 Å². The molecule has 1 fully saturated rings. The van der Waals surface area contributed by atoms with Gasteiger partial charge in [0.15, 0.2) is 0 Å². The molecule has 0 N–H and O–H groups in total. The van der Waals surface area contributed by atoms with Crippen molar-refractivity contribution < 1.29 is 14.4 Å². The molecule has 1 atom stereocenters. The molecule has 0 spiro atoms. The van der Waals surface area contributed by atoms with Gasteiger partial charge in [-0.2, -0.15) is 0 Å². The Bertz CT molecular complexity index is 953. The molecule has 0 saturated carbocycles. The molecule has 3 rings (SSSR count). The van der Waals surface area contributed by atoms with Gasteiger partial charge < -0.3 is 4.90 Å². The van der Waals surface area contributed by atoms with Crippen molar-refractivity contribution in [3.63, 3.8) is 0 Å². The Kier molecular flexibility index (Phi) is 5.80. The standard InChI is InChI=1S/C23H25ClN2O3/c1-5-23(3,4)26(21(28)16-8-6-7-15(2)13-16)19-14-20(27)25(22(19)29)18-11-9-17(24)10-12-18/h6-13,19H,5,14H2,1-4H3. The van der Waals surface area contributed by atoms with E-state index in [0.29, 0.717) is 22.7 Å². The van der Waals surface area contributed by atoms with E-state index in [1.165, 1.54) is 0 Å². The average molecular weight is 413 g/mol. The number of carbonyl (C=O) groups is 3. The molecule has 0 aromatic heterocycles. The summed E-state index contributed by atoms with van der Waals surface area (Å²) in [7, 11) is 0. The molecule has 1 aliphatic rings. The normalized spacial score (nSPS) is 17.0. The summed E-state index contributed by atoms with van der Waals surface area (Å²) in [6.45, 7) is 7.72. The van der Waals surface area contributed by atoms with Crippen molar-refractivity contribution >= 4 is 35.0 Å². The summed E-state index contributed by atoms with van der Waals surface area (Å²) in [6, 6.07) is 13.0. The van der Waals surface area contributed by atoms with E-state index < -0.39 is 11.6 Å². The molecule has 2 aromatic rings. The molecule has 3 amide bonds. The summed E-state index contributed by atoms with van der Waals surface area (Å²) in [5.41, 5.74) is 1.33. The van der Waals surface area contributed by atoms with Gasteiger partial charge in [-0.05, 0) is 63.6 Å². The van der Waals surface area contributed by atoms with Gasteiger partial charge in [-0.25, -0.2) is 4.90 Å². The molecule has 2 aromatic carbocycles. The third-order valence-corrected chi connectivity index (χ3v) is 5.77. The van der Waals surface area contributed by atoms with Gasteiger partial charge in [0.1, 0.15) is 6.04 Å². The fraction of sp³-hybridized carbons (Fsp3) is 0.348. The van der Waals surface area contributed by atoms with Crippen molar-refractivity contribution in [3.05, 3.63) is 64.7 Å². The third kappa shape index (κ3) is 4.06. The average Bonchev–Trinajstić information content (AvgIpc) is 2.96. The van der Waals surface area contributed by atoms with Crippen molar-refractivity contribution in [2.24, 2.45) is 0 Å². The highest BCUT2D eigenvalue weighted by Crippen LogP contribution is 2.32. The summed E-state index contributed by atoms with van der Waals surface area (Å²) in [4.78, 5) is 42.2. The summed E-state index contributed by atoms with van der Waals surface area (Å²) in [5, 5.41) is 0.521. The maximum atomic E-state index is 13.5. The van der Waals surface area contributed by atoms with E-state index in [0.717, 1.165) is 10.5 Å². The number of rotatable bonds is 5. The molecule has 152 valence electrons. The predicted octanol–water partition coefficient (Wildman–Crippen LogP) is 4.61. The van der Waals surface area contributed by atoms with Crippen LogP contribution in [-0.4, -0.2) is 34.2 Å². The SMILES string of the molecule is CCC(C)(C)N(C(=O)c1cccc(C)c1)C1CC(=O)N(c2ccc(Cl)cc2)C1=O. The van der Waals surface area contributed by atoms with Crippen LogP contribution in [0.2, 0.25) is 5.02 Å². The molecule has 6 heteroatoms. The highest BCUT2D eigenvalue weighted by Gasteiger charge is 2.48. The molecule has 0 bridgehead atoms. The van der Waals surface area contributed by atoms with E-state index in [1.807, 2.05) is 39.8 Å². The maximum absolute atomic E-state index is 13.5. The van der Waals surface area contributed by atoms with Crippen LogP contribution >= 0.6 is 11.6 Å². The van der Waals surface area contributed by atoms with E-state index in [4.69, 9.17) is 11.6 Å². The van der Waals surface area contributed by atoms with Gasteiger partial charge in [0.05, 0.1) is 12.1 Å². The van der Waals surface area contributed by atoms with Crippen LogP contribution in [0.5, 0.6) is 0 Å². The molecule has 29 heavy (non-hydrogen) atoms. The van der Waals surface area contributed by atoms with Crippen molar-refractivity contribution in [2.75, 3.05) is 4.90 Å². The number of halogens is 1. The highest BCUT2D eigenvalue weighted by molar-refractivity contribution is 6.31. The second-order valence-corrected chi connectivity index (χ2v) is 8.41. The number of carbonyl (C=O) groups excluding carboxylic acids is 3. The highest BCUT2D eigenvalue weighted by atomic mass is 35.5. The number of aryl methyl sites for hydroxylation is 1. The lowest BCUT2D eigenvalue weighted by Gasteiger charge is -2.41. The predicted molar refractivity (Wildman–Crippen MR) is 114 cm³/mol. The van der Waals surface area contributed by atoms with Crippen LogP contribution < -0.4 is 4.90 Å². The lowest BCUT2D eigenvalue weighted by molar-refractivity contribution is -0.123. The minimum absolute atomic E-state index is 0.0392. The Hall–Kier alpha value is -2.66. The van der Waals surface area contributed by atoms with Crippen LogP contribution in [0.3, 0.4) is 0 Å². The molecule has 0 aliphatic carbocycles. The second-order valence-electron chi connectivity index (χ2n) is 7.97. The van der Waals surface area contributed by atoms with Crippen molar-refractivity contribution in [3.8, 4) is 0 Å². The van der Waals surface area contributed by atoms with Gasteiger partial charge in [0.25, 0.3) is 11.8 Å². The van der Waals surface area contributed by atoms with Crippen LogP contribution in [0.15, 0.2) is 48.5 Å². The second kappa shape index (κ2) is 7.99. The quantitative estimate of drug-likeness (QED) is 0.674. The van der Waals surface area contributed by atoms with E-state index in [2.05, 4.69) is 0 Å². The van der Waals surface area contributed by atoms with E-state index in [1.54, 1.807) is 41.3 Å². The Balaban J connectivity index is 2.00. The Labute approximate surface area is 176 Å². The lowest BCUT2D eigenvalue weighted by Crippen LogP contribution is -2.55. The van der Waals surface area contributed by atoms with Gasteiger partial charge in [0.2, 0.25) is 5.91 Å². The molecular formula is C23H25ClN2O3. The minimum atomic E-state index is -0.846. The number of anilines is 1. The summed E-state index contributed by atoms with van der Waals surface area (Å²) in [6.07, 6.45) is 0.603. The van der Waals surface area contributed by atoms with E-state index >= 15 is 0 Å². The first-order valence-electron chi connectivity index (χ1n) is 9.68. The topological polar surface area (TPSA) is 57.7 Å². The summed E-state index contributed by atoms with van der Waals surface area (Å²) in [5.74, 6) is -0.958. The zero-order valence-electron chi connectivity index (χ0n) is 17.1.